The Morgan fingerprint density at radius 2 is 1.69 bits per heavy atom. The van der Waals surface area contributed by atoms with Crippen LogP contribution in [0.3, 0.4) is 0 Å². The molecular formula is C23H24N3O3+. The first-order valence-corrected chi connectivity index (χ1v) is 9.86. The van der Waals surface area contributed by atoms with Gasteiger partial charge in [-0.25, -0.2) is 0 Å². The van der Waals surface area contributed by atoms with E-state index in [0.717, 1.165) is 24.5 Å². The number of carbonyl (C=O) groups excluding carboxylic acids is 3. The summed E-state index contributed by atoms with van der Waals surface area (Å²) in [6.07, 6.45) is 1.52. The van der Waals surface area contributed by atoms with Crippen LogP contribution in [0.4, 0.5) is 0 Å². The second kappa shape index (κ2) is 8.01. The lowest BCUT2D eigenvalue weighted by atomic mass is 10.0. The summed E-state index contributed by atoms with van der Waals surface area (Å²) in [4.78, 5) is 42.2. The molecule has 2 aliphatic heterocycles. The highest BCUT2D eigenvalue weighted by molar-refractivity contribution is 6.22. The number of imide groups is 1. The van der Waals surface area contributed by atoms with Crippen LogP contribution in [-0.2, 0) is 6.54 Å². The smallest absolute Gasteiger partial charge is 0.261 e. The molecule has 148 valence electrons. The fourth-order valence-electron chi connectivity index (χ4n) is 3.99. The highest BCUT2D eigenvalue weighted by Gasteiger charge is 2.35. The normalized spacial score (nSPS) is 16.8. The van der Waals surface area contributed by atoms with Crippen molar-refractivity contribution >= 4 is 17.7 Å². The molecular weight excluding hydrogens is 366 g/mol. The van der Waals surface area contributed by atoms with Crippen molar-refractivity contribution in [3.8, 4) is 0 Å². The van der Waals surface area contributed by atoms with Crippen LogP contribution in [0.1, 0.15) is 36.6 Å². The van der Waals surface area contributed by atoms with E-state index >= 15 is 0 Å². The summed E-state index contributed by atoms with van der Waals surface area (Å²) in [6.45, 7) is 7.83. The molecule has 0 aliphatic carbocycles. The van der Waals surface area contributed by atoms with Crippen molar-refractivity contribution in [3.05, 3.63) is 83.4 Å². The number of hydrogen-bond donors (Lipinski definition) is 1. The van der Waals surface area contributed by atoms with E-state index < -0.39 is 0 Å². The number of rotatable bonds is 5. The second-order valence-electron chi connectivity index (χ2n) is 7.47. The quantitative estimate of drug-likeness (QED) is 0.612. The summed E-state index contributed by atoms with van der Waals surface area (Å²) < 4.78 is 0. The first kappa shape index (κ1) is 19.1. The van der Waals surface area contributed by atoms with Crippen LogP contribution in [0.25, 0.3) is 0 Å². The van der Waals surface area contributed by atoms with Crippen LogP contribution in [0, 0.1) is 0 Å². The van der Waals surface area contributed by atoms with E-state index in [1.165, 1.54) is 16.5 Å². The number of piperazine rings is 1. The van der Waals surface area contributed by atoms with Gasteiger partial charge >= 0.3 is 0 Å². The standard InChI is InChI=1S/C23H23N3O3/c1-2-10-26-22(28)19-9-8-18(15-20(19)23(26)29)21(27)25-13-11-24(12-14-25)16-17-6-4-3-5-7-17/h2-9,15H,1,10-14,16H2/p+1. The van der Waals surface area contributed by atoms with Gasteiger partial charge in [0.15, 0.2) is 0 Å². The number of nitrogens with one attached hydrogen (secondary N) is 1. The van der Waals surface area contributed by atoms with Gasteiger partial charge in [0.25, 0.3) is 17.7 Å². The molecule has 0 radical (unpaired) electrons. The molecule has 0 saturated carbocycles. The molecule has 3 amide bonds. The fourth-order valence-corrected chi connectivity index (χ4v) is 3.99. The molecule has 2 aliphatic rings. The number of nitrogens with zero attached hydrogens (tertiary/aromatic N) is 2. The van der Waals surface area contributed by atoms with E-state index in [2.05, 4.69) is 18.7 Å². The Kier molecular flexibility index (Phi) is 5.27. The van der Waals surface area contributed by atoms with Crippen molar-refractivity contribution in [2.24, 2.45) is 0 Å². The van der Waals surface area contributed by atoms with Crippen LogP contribution in [0.5, 0.6) is 0 Å². The molecule has 6 nitrogen and oxygen atoms in total. The van der Waals surface area contributed by atoms with Crippen molar-refractivity contribution in [3.63, 3.8) is 0 Å². The molecule has 0 aromatic heterocycles. The van der Waals surface area contributed by atoms with Gasteiger partial charge in [0.2, 0.25) is 0 Å². The summed E-state index contributed by atoms with van der Waals surface area (Å²) in [6, 6.07) is 15.2. The minimum absolute atomic E-state index is 0.0889. The summed E-state index contributed by atoms with van der Waals surface area (Å²) in [7, 11) is 0. The lowest BCUT2D eigenvalue weighted by Gasteiger charge is -2.32. The molecule has 1 N–H and O–H groups in total. The third kappa shape index (κ3) is 3.71. The molecule has 2 aromatic carbocycles. The third-order valence-electron chi connectivity index (χ3n) is 5.58. The molecule has 29 heavy (non-hydrogen) atoms. The predicted octanol–water partition coefficient (Wildman–Crippen LogP) is 1.01. The zero-order valence-electron chi connectivity index (χ0n) is 16.3. The molecule has 6 heteroatoms. The van der Waals surface area contributed by atoms with E-state index in [-0.39, 0.29) is 24.3 Å². The maximum Gasteiger partial charge on any atom is 0.261 e. The van der Waals surface area contributed by atoms with Gasteiger partial charge in [-0.05, 0) is 18.2 Å². The molecule has 2 aromatic rings. The second-order valence-corrected chi connectivity index (χ2v) is 7.47. The van der Waals surface area contributed by atoms with Gasteiger partial charge in [-0.3, -0.25) is 19.3 Å². The van der Waals surface area contributed by atoms with Gasteiger partial charge in [0.1, 0.15) is 6.54 Å². The van der Waals surface area contributed by atoms with E-state index in [1.54, 1.807) is 18.2 Å². The summed E-state index contributed by atoms with van der Waals surface area (Å²) >= 11 is 0. The average Bonchev–Trinajstić information content (AvgIpc) is 2.99. The minimum Gasteiger partial charge on any atom is -0.328 e. The zero-order valence-corrected chi connectivity index (χ0v) is 16.3. The summed E-state index contributed by atoms with van der Waals surface area (Å²) in [5.41, 5.74) is 2.41. The van der Waals surface area contributed by atoms with Gasteiger partial charge in [0, 0.05) is 17.7 Å². The Labute approximate surface area is 170 Å². The highest BCUT2D eigenvalue weighted by atomic mass is 16.2. The van der Waals surface area contributed by atoms with Gasteiger partial charge in [-0.1, -0.05) is 36.4 Å². The molecule has 0 bridgehead atoms. The Morgan fingerprint density at radius 3 is 2.38 bits per heavy atom. The van der Waals surface area contributed by atoms with Crippen LogP contribution in [0.15, 0.2) is 61.2 Å². The van der Waals surface area contributed by atoms with Crippen molar-refractivity contribution in [2.45, 2.75) is 6.54 Å². The largest absolute Gasteiger partial charge is 0.328 e. The Balaban J connectivity index is 1.42. The van der Waals surface area contributed by atoms with Crippen molar-refractivity contribution in [1.82, 2.24) is 9.80 Å². The number of quaternary nitrogens is 1. The van der Waals surface area contributed by atoms with Crippen molar-refractivity contribution < 1.29 is 19.3 Å². The van der Waals surface area contributed by atoms with Crippen LogP contribution in [-0.4, -0.2) is 60.2 Å². The lowest BCUT2D eigenvalue weighted by Crippen LogP contribution is -3.13. The summed E-state index contributed by atoms with van der Waals surface area (Å²) in [5.74, 6) is -0.785. The number of fused-ring (bicyclic) bond motifs is 1. The molecule has 4 rings (SSSR count). The number of amides is 3. The maximum atomic E-state index is 13.0. The zero-order chi connectivity index (χ0) is 20.4. The van der Waals surface area contributed by atoms with Crippen LogP contribution in [0.2, 0.25) is 0 Å². The molecule has 0 spiro atoms. The first-order valence-electron chi connectivity index (χ1n) is 9.86. The van der Waals surface area contributed by atoms with Crippen molar-refractivity contribution in [2.75, 3.05) is 32.7 Å². The fraction of sp³-hybridized carbons (Fsp3) is 0.261. The molecule has 0 atom stereocenters. The Morgan fingerprint density at radius 1 is 1.00 bits per heavy atom. The lowest BCUT2D eigenvalue weighted by molar-refractivity contribution is -0.917. The number of carbonyl (C=O) groups is 3. The van der Waals surface area contributed by atoms with Crippen LogP contribution < -0.4 is 4.90 Å². The van der Waals surface area contributed by atoms with E-state index in [0.29, 0.717) is 29.8 Å². The molecule has 1 fully saturated rings. The van der Waals surface area contributed by atoms with E-state index in [4.69, 9.17) is 0 Å². The number of benzene rings is 2. The van der Waals surface area contributed by atoms with Gasteiger partial charge in [0.05, 0.1) is 37.3 Å². The minimum atomic E-state index is -0.364. The van der Waals surface area contributed by atoms with Gasteiger partial charge in [-0.15, -0.1) is 6.58 Å². The SMILES string of the molecule is C=CCN1C(=O)c2ccc(C(=O)N3CC[NH+](Cc4ccccc4)CC3)cc2C1=O. The Hall–Kier alpha value is -3.25. The molecule has 2 heterocycles. The Bertz CT molecular complexity index is 963. The topological polar surface area (TPSA) is 62.1 Å². The van der Waals surface area contributed by atoms with Gasteiger partial charge in [-0.2, -0.15) is 0 Å². The third-order valence-corrected chi connectivity index (χ3v) is 5.58. The van der Waals surface area contributed by atoms with E-state index in [9.17, 15) is 14.4 Å². The van der Waals surface area contributed by atoms with Gasteiger partial charge < -0.3 is 9.80 Å². The first-order chi connectivity index (χ1) is 14.1. The van der Waals surface area contributed by atoms with E-state index in [1.807, 2.05) is 23.1 Å². The molecule has 0 unspecified atom stereocenters. The van der Waals surface area contributed by atoms with Crippen molar-refractivity contribution in [1.29, 1.82) is 0 Å². The highest BCUT2D eigenvalue weighted by Crippen LogP contribution is 2.24. The average molecular weight is 390 g/mol. The number of hydrogen-bond acceptors (Lipinski definition) is 3. The van der Waals surface area contributed by atoms with Crippen LogP contribution >= 0.6 is 0 Å². The molecule has 1 saturated heterocycles. The predicted molar refractivity (Wildman–Crippen MR) is 109 cm³/mol. The monoisotopic (exact) mass is 390 g/mol. The maximum absolute atomic E-state index is 13.0. The summed E-state index contributed by atoms with van der Waals surface area (Å²) in [5, 5.41) is 0.